The molecule has 2 aromatic heterocycles. The third-order valence-electron chi connectivity index (χ3n) is 3.20. The molecule has 0 amide bonds. The van der Waals surface area contributed by atoms with Gasteiger partial charge in [0.15, 0.2) is 0 Å². The van der Waals surface area contributed by atoms with Gasteiger partial charge in [-0.25, -0.2) is 9.97 Å². The second-order valence-electron chi connectivity index (χ2n) is 4.60. The van der Waals surface area contributed by atoms with E-state index in [1.807, 2.05) is 6.92 Å². The Labute approximate surface area is 122 Å². The maximum atomic E-state index is 11.3. The summed E-state index contributed by atoms with van der Waals surface area (Å²) < 4.78 is 4.70. The van der Waals surface area contributed by atoms with E-state index in [2.05, 4.69) is 34.1 Å². The van der Waals surface area contributed by atoms with Crippen molar-refractivity contribution >= 4 is 33.3 Å². The molecule has 0 aliphatic rings. The van der Waals surface area contributed by atoms with Gasteiger partial charge >= 0.3 is 5.97 Å². The number of carbonyl (C=O) groups excluding carboxylic acids is 1. The van der Waals surface area contributed by atoms with Gasteiger partial charge in [0, 0.05) is 13.1 Å². The lowest BCUT2D eigenvalue weighted by Crippen LogP contribution is -2.27. The topological polar surface area (TPSA) is 55.3 Å². The van der Waals surface area contributed by atoms with Gasteiger partial charge in [0.1, 0.15) is 16.5 Å². The largest absolute Gasteiger partial charge is 0.469 e. The number of fused-ring (bicyclic) bond motifs is 1. The number of ether oxygens (including phenoxy) is 1. The van der Waals surface area contributed by atoms with Crippen molar-refractivity contribution in [2.75, 3.05) is 25.1 Å². The van der Waals surface area contributed by atoms with Gasteiger partial charge in [0.2, 0.25) is 0 Å². The van der Waals surface area contributed by atoms with Crippen LogP contribution >= 0.6 is 11.3 Å². The second-order valence-corrected chi connectivity index (χ2v) is 5.46. The average Bonchev–Trinajstić information content (AvgIpc) is 2.80. The smallest absolute Gasteiger partial charge is 0.307 e. The number of anilines is 1. The number of carbonyl (C=O) groups is 1. The Balaban J connectivity index is 2.38. The van der Waals surface area contributed by atoms with Crippen LogP contribution in [0.2, 0.25) is 0 Å². The van der Waals surface area contributed by atoms with Gasteiger partial charge in [-0.05, 0) is 31.7 Å². The molecule has 2 aromatic rings. The molecule has 0 fully saturated rings. The van der Waals surface area contributed by atoms with E-state index in [4.69, 9.17) is 4.74 Å². The lowest BCUT2D eigenvalue weighted by Gasteiger charge is -2.22. The highest BCUT2D eigenvalue weighted by Crippen LogP contribution is 2.31. The molecule has 0 saturated carbocycles. The second kappa shape index (κ2) is 6.17. The Kier molecular flexibility index (Phi) is 4.54. The van der Waals surface area contributed by atoms with Crippen molar-refractivity contribution in [1.29, 1.82) is 0 Å². The number of hydrogen-bond acceptors (Lipinski definition) is 6. The number of aromatic nitrogens is 2. The van der Waals surface area contributed by atoms with E-state index in [-0.39, 0.29) is 5.97 Å². The minimum absolute atomic E-state index is 0.201. The first-order valence-electron chi connectivity index (χ1n) is 6.61. The summed E-state index contributed by atoms with van der Waals surface area (Å²) in [5.41, 5.74) is 1.18. The minimum atomic E-state index is -0.201. The summed E-state index contributed by atoms with van der Waals surface area (Å²) in [4.78, 5) is 23.5. The van der Waals surface area contributed by atoms with E-state index in [9.17, 15) is 4.79 Å². The van der Waals surface area contributed by atoms with Crippen molar-refractivity contribution in [2.45, 2.75) is 27.2 Å². The van der Waals surface area contributed by atoms with Gasteiger partial charge in [-0.15, -0.1) is 11.3 Å². The Morgan fingerprint density at radius 2 is 2.15 bits per heavy atom. The molecule has 0 saturated heterocycles. The first kappa shape index (κ1) is 14.7. The minimum Gasteiger partial charge on any atom is -0.469 e. The highest BCUT2D eigenvalue weighted by Gasteiger charge is 2.16. The molecule has 2 rings (SSSR count). The summed E-state index contributed by atoms with van der Waals surface area (Å²) >= 11 is 1.63. The van der Waals surface area contributed by atoms with Crippen molar-refractivity contribution in [3.63, 3.8) is 0 Å². The maximum Gasteiger partial charge on any atom is 0.307 e. The molecule has 0 atom stereocenters. The number of methoxy groups -OCH3 is 1. The maximum absolute atomic E-state index is 11.3. The fourth-order valence-corrected chi connectivity index (χ4v) is 3.10. The number of nitrogens with zero attached hydrogens (tertiary/aromatic N) is 3. The van der Waals surface area contributed by atoms with Gasteiger partial charge in [-0.2, -0.15) is 0 Å². The van der Waals surface area contributed by atoms with E-state index >= 15 is 0 Å². The lowest BCUT2D eigenvalue weighted by molar-refractivity contribution is -0.140. The van der Waals surface area contributed by atoms with Crippen molar-refractivity contribution < 1.29 is 9.53 Å². The van der Waals surface area contributed by atoms with Crippen LogP contribution in [0.1, 0.15) is 24.7 Å². The molecular formula is C14H19N3O2S. The number of thiophene rings is 1. The molecule has 0 unspecified atom stereocenters. The van der Waals surface area contributed by atoms with Crippen LogP contribution < -0.4 is 4.90 Å². The third kappa shape index (κ3) is 2.90. The first-order chi connectivity index (χ1) is 9.56. The molecule has 108 valence electrons. The Morgan fingerprint density at radius 1 is 1.40 bits per heavy atom. The van der Waals surface area contributed by atoms with Crippen molar-refractivity contribution in [2.24, 2.45) is 0 Å². The molecule has 5 nitrogen and oxygen atoms in total. The highest BCUT2D eigenvalue weighted by atomic mass is 32.1. The Hall–Kier alpha value is -1.69. The van der Waals surface area contributed by atoms with Gasteiger partial charge < -0.3 is 9.64 Å². The molecule has 0 radical (unpaired) electrons. The monoisotopic (exact) mass is 293 g/mol. The predicted octanol–water partition coefficient (Wildman–Crippen LogP) is 2.70. The molecule has 0 bridgehead atoms. The van der Waals surface area contributed by atoms with Crippen LogP contribution in [0.4, 0.5) is 5.82 Å². The molecule has 2 heterocycles. The molecular weight excluding hydrogens is 274 g/mol. The van der Waals surface area contributed by atoms with Crippen molar-refractivity contribution in [3.05, 3.63) is 16.8 Å². The van der Waals surface area contributed by atoms with Gasteiger partial charge in [0.05, 0.1) is 18.9 Å². The standard InChI is InChI=1S/C14H19N3O2S/c1-5-17(7-6-11(18)19-4)13-12-9(2)8-20-14(12)16-10(3)15-13/h8H,5-7H2,1-4H3. The van der Waals surface area contributed by atoms with Gasteiger partial charge in [0.25, 0.3) is 0 Å². The first-order valence-corrected chi connectivity index (χ1v) is 7.49. The quantitative estimate of drug-likeness (QED) is 0.793. The SMILES string of the molecule is CCN(CCC(=O)OC)c1nc(C)nc2scc(C)c12. The van der Waals surface area contributed by atoms with Crippen molar-refractivity contribution in [1.82, 2.24) is 9.97 Å². The van der Waals surface area contributed by atoms with Crippen LogP contribution in [0.25, 0.3) is 10.2 Å². The van der Waals surface area contributed by atoms with E-state index < -0.39 is 0 Å². The molecule has 6 heteroatoms. The van der Waals surface area contributed by atoms with E-state index in [0.717, 1.165) is 28.4 Å². The third-order valence-corrected chi connectivity index (χ3v) is 4.20. The Bertz CT molecular complexity index is 624. The van der Waals surface area contributed by atoms with Crippen LogP contribution in [-0.2, 0) is 9.53 Å². The number of rotatable bonds is 5. The molecule has 0 aliphatic carbocycles. The van der Waals surface area contributed by atoms with Gasteiger partial charge in [-0.3, -0.25) is 4.79 Å². The molecule has 0 spiro atoms. The zero-order valence-electron chi connectivity index (χ0n) is 12.3. The predicted molar refractivity (Wildman–Crippen MR) is 81.4 cm³/mol. The summed E-state index contributed by atoms with van der Waals surface area (Å²) in [5, 5.41) is 3.18. The molecule has 0 aromatic carbocycles. The van der Waals surface area contributed by atoms with Crippen LogP contribution in [-0.4, -0.2) is 36.1 Å². The zero-order valence-corrected chi connectivity index (χ0v) is 13.1. The average molecular weight is 293 g/mol. The molecule has 0 aliphatic heterocycles. The molecule has 20 heavy (non-hydrogen) atoms. The van der Waals surface area contributed by atoms with Gasteiger partial charge in [-0.1, -0.05) is 0 Å². The van der Waals surface area contributed by atoms with E-state index in [1.165, 1.54) is 12.7 Å². The summed E-state index contributed by atoms with van der Waals surface area (Å²) in [6.07, 6.45) is 0.359. The van der Waals surface area contributed by atoms with Crippen LogP contribution in [0, 0.1) is 13.8 Å². The highest BCUT2D eigenvalue weighted by molar-refractivity contribution is 7.17. The van der Waals surface area contributed by atoms with Crippen LogP contribution in [0.3, 0.4) is 0 Å². The lowest BCUT2D eigenvalue weighted by atomic mass is 10.2. The van der Waals surface area contributed by atoms with Crippen LogP contribution in [0.15, 0.2) is 5.38 Å². The number of esters is 1. The normalized spacial score (nSPS) is 10.8. The Morgan fingerprint density at radius 3 is 2.80 bits per heavy atom. The molecule has 0 N–H and O–H groups in total. The summed E-state index contributed by atoms with van der Waals surface area (Å²) in [6.45, 7) is 7.41. The fourth-order valence-electron chi connectivity index (χ4n) is 2.14. The number of aryl methyl sites for hydroxylation is 2. The summed E-state index contributed by atoms with van der Waals surface area (Å²) in [7, 11) is 1.41. The zero-order chi connectivity index (χ0) is 14.7. The van der Waals surface area contributed by atoms with Crippen LogP contribution in [0.5, 0.6) is 0 Å². The van der Waals surface area contributed by atoms with Crippen molar-refractivity contribution in [3.8, 4) is 0 Å². The van der Waals surface area contributed by atoms with E-state index in [1.54, 1.807) is 11.3 Å². The number of hydrogen-bond donors (Lipinski definition) is 0. The summed E-state index contributed by atoms with van der Waals surface area (Å²) in [5.74, 6) is 1.47. The fraction of sp³-hybridized carbons (Fsp3) is 0.500. The van der Waals surface area contributed by atoms with E-state index in [0.29, 0.717) is 13.0 Å². The summed E-state index contributed by atoms with van der Waals surface area (Å²) in [6, 6.07) is 0.